The van der Waals surface area contributed by atoms with Gasteiger partial charge >= 0.3 is 0 Å². The number of sulfonamides is 1. The third-order valence-electron chi connectivity index (χ3n) is 2.28. The number of nitrogens with one attached hydrogen (secondary N) is 1. The maximum atomic E-state index is 11.7. The van der Waals surface area contributed by atoms with Crippen LogP contribution in [0.2, 0.25) is 0 Å². The lowest BCUT2D eigenvalue weighted by Gasteiger charge is -2.00. The zero-order valence-corrected chi connectivity index (χ0v) is 11.7. The molecule has 102 valence electrons. The number of carbonyl (C=O) groups excluding carboxylic acids is 1. The molecule has 0 saturated carbocycles. The number of primary sulfonamides is 1. The second kappa shape index (κ2) is 5.11. The molecule has 0 bridgehead atoms. The van der Waals surface area contributed by atoms with E-state index in [9.17, 15) is 13.2 Å². The van der Waals surface area contributed by atoms with E-state index in [1.54, 1.807) is 23.9 Å². The van der Waals surface area contributed by atoms with Crippen LogP contribution in [-0.2, 0) is 23.6 Å². The Morgan fingerprint density at radius 2 is 2.26 bits per heavy atom. The number of amides is 1. The molecule has 0 atom stereocenters. The van der Waals surface area contributed by atoms with Crippen molar-refractivity contribution in [2.45, 2.75) is 10.8 Å². The van der Waals surface area contributed by atoms with Crippen molar-refractivity contribution < 1.29 is 13.2 Å². The highest BCUT2D eigenvalue weighted by Gasteiger charge is 2.12. The molecule has 3 N–H and O–H groups in total. The van der Waals surface area contributed by atoms with Crippen molar-refractivity contribution in [1.29, 1.82) is 0 Å². The molecule has 2 aromatic rings. The highest BCUT2D eigenvalue weighted by Crippen LogP contribution is 2.19. The number of imidazole rings is 1. The first-order valence-corrected chi connectivity index (χ1v) is 7.60. The van der Waals surface area contributed by atoms with E-state index in [2.05, 4.69) is 10.3 Å². The number of aromatic nitrogens is 2. The van der Waals surface area contributed by atoms with Crippen LogP contribution in [0.25, 0.3) is 0 Å². The average Bonchev–Trinajstić information content (AvgIpc) is 2.93. The molecule has 0 radical (unpaired) electrons. The van der Waals surface area contributed by atoms with Gasteiger partial charge in [0.05, 0.1) is 12.9 Å². The van der Waals surface area contributed by atoms with E-state index in [1.165, 1.54) is 12.4 Å². The van der Waals surface area contributed by atoms with E-state index in [0.717, 1.165) is 11.3 Å². The highest BCUT2D eigenvalue weighted by atomic mass is 32.2. The van der Waals surface area contributed by atoms with Crippen LogP contribution in [0.1, 0.15) is 15.4 Å². The van der Waals surface area contributed by atoms with Crippen LogP contribution in [0.4, 0.5) is 0 Å². The van der Waals surface area contributed by atoms with Gasteiger partial charge in [0.1, 0.15) is 9.90 Å². The normalized spacial score (nSPS) is 11.5. The molecule has 0 aliphatic heterocycles. The van der Waals surface area contributed by atoms with Gasteiger partial charge in [0.25, 0.3) is 5.91 Å². The topological polar surface area (TPSA) is 107 Å². The summed E-state index contributed by atoms with van der Waals surface area (Å²) in [5, 5.41) is 7.66. The van der Waals surface area contributed by atoms with Crippen molar-refractivity contribution in [3.05, 3.63) is 35.2 Å². The molecule has 0 aromatic carbocycles. The molecule has 9 heteroatoms. The molecule has 0 unspecified atom stereocenters. The second-order valence-electron chi connectivity index (χ2n) is 3.87. The molecule has 7 nitrogen and oxygen atoms in total. The number of hydrogen-bond donors (Lipinski definition) is 2. The third kappa shape index (κ3) is 3.40. The van der Waals surface area contributed by atoms with Gasteiger partial charge in [-0.15, -0.1) is 11.3 Å². The van der Waals surface area contributed by atoms with Crippen LogP contribution in [-0.4, -0.2) is 23.9 Å². The van der Waals surface area contributed by atoms with Crippen molar-refractivity contribution >= 4 is 27.3 Å². The van der Waals surface area contributed by atoms with E-state index in [-0.39, 0.29) is 16.7 Å². The average molecular weight is 300 g/mol. The zero-order chi connectivity index (χ0) is 14.0. The molecule has 0 aliphatic rings. The van der Waals surface area contributed by atoms with Gasteiger partial charge in [-0.1, -0.05) is 0 Å². The Kier molecular flexibility index (Phi) is 3.69. The maximum Gasteiger partial charge on any atom is 0.271 e. The van der Waals surface area contributed by atoms with Crippen LogP contribution >= 0.6 is 11.3 Å². The van der Waals surface area contributed by atoms with Crippen LogP contribution in [0.15, 0.2) is 28.9 Å². The summed E-state index contributed by atoms with van der Waals surface area (Å²) in [4.78, 5) is 16.3. The lowest BCUT2D eigenvalue weighted by Crippen LogP contribution is -2.22. The SMILES string of the molecule is Cn1cnc(C(=O)NCc2ccc(S(N)(=O)=O)s2)c1. The number of hydrogen-bond acceptors (Lipinski definition) is 5. The fourth-order valence-electron chi connectivity index (χ4n) is 1.39. The number of carbonyl (C=O) groups is 1. The summed E-state index contributed by atoms with van der Waals surface area (Å²) in [6.07, 6.45) is 3.12. The fraction of sp³-hybridized carbons (Fsp3) is 0.200. The molecule has 0 aliphatic carbocycles. The largest absolute Gasteiger partial charge is 0.346 e. The lowest BCUT2D eigenvalue weighted by atomic mass is 10.4. The summed E-state index contributed by atoms with van der Waals surface area (Å²) in [6.45, 7) is 0.232. The summed E-state index contributed by atoms with van der Waals surface area (Å²) in [6, 6.07) is 3.03. The van der Waals surface area contributed by atoms with E-state index >= 15 is 0 Å². The summed E-state index contributed by atoms with van der Waals surface area (Å²) in [5.74, 6) is -0.314. The van der Waals surface area contributed by atoms with Gasteiger partial charge < -0.3 is 9.88 Å². The Morgan fingerprint density at radius 3 is 2.79 bits per heavy atom. The van der Waals surface area contributed by atoms with Gasteiger partial charge in [-0.25, -0.2) is 18.5 Å². The molecule has 19 heavy (non-hydrogen) atoms. The van der Waals surface area contributed by atoms with Gasteiger partial charge in [0.15, 0.2) is 0 Å². The smallest absolute Gasteiger partial charge is 0.271 e. The molecular formula is C10H12N4O3S2. The minimum atomic E-state index is -3.68. The minimum absolute atomic E-state index is 0.0783. The predicted octanol–water partition coefficient (Wildman–Crippen LogP) is 0.0590. The Bertz CT molecular complexity index is 702. The van der Waals surface area contributed by atoms with Crippen LogP contribution in [0.5, 0.6) is 0 Å². The van der Waals surface area contributed by atoms with E-state index < -0.39 is 10.0 Å². The number of nitrogens with zero attached hydrogens (tertiary/aromatic N) is 2. The summed E-state index contributed by atoms with van der Waals surface area (Å²) >= 11 is 1.03. The first-order valence-electron chi connectivity index (χ1n) is 5.24. The molecule has 2 rings (SSSR count). The molecule has 0 spiro atoms. The van der Waals surface area contributed by atoms with Gasteiger partial charge in [0.2, 0.25) is 10.0 Å². The zero-order valence-electron chi connectivity index (χ0n) is 10.0. The quantitative estimate of drug-likeness (QED) is 0.832. The lowest BCUT2D eigenvalue weighted by molar-refractivity contribution is 0.0946. The van der Waals surface area contributed by atoms with E-state index in [0.29, 0.717) is 10.6 Å². The van der Waals surface area contributed by atoms with Crippen molar-refractivity contribution in [3.8, 4) is 0 Å². The molecule has 1 amide bonds. The molecule has 2 heterocycles. The van der Waals surface area contributed by atoms with Crippen LogP contribution in [0, 0.1) is 0 Å². The van der Waals surface area contributed by atoms with Crippen molar-refractivity contribution in [2.24, 2.45) is 12.2 Å². The summed E-state index contributed by atoms with van der Waals surface area (Å²) in [5.41, 5.74) is 0.311. The fourth-order valence-corrected chi connectivity index (χ4v) is 3.11. The van der Waals surface area contributed by atoms with Gasteiger partial charge in [-0.05, 0) is 12.1 Å². The van der Waals surface area contributed by atoms with Crippen molar-refractivity contribution in [1.82, 2.24) is 14.9 Å². The highest BCUT2D eigenvalue weighted by molar-refractivity contribution is 7.91. The molecular weight excluding hydrogens is 288 g/mol. The molecule has 0 saturated heterocycles. The number of rotatable bonds is 4. The molecule has 0 fully saturated rings. The Balaban J connectivity index is 1.99. The van der Waals surface area contributed by atoms with Crippen LogP contribution < -0.4 is 10.5 Å². The van der Waals surface area contributed by atoms with Gasteiger partial charge in [-0.3, -0.25) is 4.79 Å². The van der Waals surface area contributed by atoms with E-state index in [4.69, 9.17) is 5.14 Å². The van der Waals surface area contributed by atoms with Gasteiger partial charge in [0, 0.05) is 18.1 Å². The minimum Gasteiger partial charge on any atom is -0.346 e. The van der Waals surface area contributed by atoms with Crippen molar-refractivity contribution in [2.75, 3.05) is 0 Å². The second-order valence-corrected chi connectivity index (χ2v) is 6.83. The summed E-state index contributed by atoms with van der Waals surface area (Å²) < 4.78 is 23.9. The Labute approximate surface area is 114 Å². The first kappa shape index (κ1) is 13.7. The monoisotopic (exact) mass is 300 g/mol. The first-order chi connectivity index (χ1) is 8.86. The third-order valence-corrected chi connectivity index (χ3v) is 4.80. The Hall–Kier alpha value is -1.71. The number of aryl methyl sites for hydroxylation is 1. The maximum absolute atomic E-state index is 11.7. The molecule has 2 aromatic heterocycles. The van der Waals surface area contributed by atoms with Crippen molar-refractivity contribution in [3.63, 3.8) is 0 Å². The summed E-state index contributed by atoms with van der Waals surface area (Å²) in [7, 11) is -1.91. The number of nitrogens with two attached hydrogens (primary N) is 1. The standard InChI is InChI=1S/C10H12N4O3S2/c1-14-5-8(13-6-14)10(15)12-4-7-2-3-9(18-7)19(11,16)17/h2-3,5-6H,4H2,1H3,(H,12,15)(H2,11,16,17). The predicted molar refractivity (Wildman–Crippen MR) is 70.1 cm³/mol. The Morgan fingerprint density at radius 1 is 1.53 bits per heavy atom. The van der Waals surface area contributed by atoms with Crippen LogP contribution in [0.3, 0.4) is 0 Å². The number of thiophene rings is 1. The van der Waals surface area contributed by atoms with Gasteiger partial charge in [-0.2, -0.15) is 0 Å². The van der Waals surface area contributed by atoms with E-state index in [1.807, 2.05) is 0 Å².